The SMILES string of the molecule is C=CCN1CC(C(=O)N[C@@H](Cc2cc(O)cc(F)c2)C[C@H]2CN(Cc3ccccc3)CCN2C(=O)OC(C)(C)C)CC1=O. The first-order valence-electron chi connectivity index (χ1n) is 14.8. The van der Waals surface area contributed by atoms with Gasteiger partial charge in [0.25, 0.3) is 0 Å². The average molecular weight is 595 g/mol. The number of piperazine rings is 1. The molecule has 43 heavy (non-hydrogen) atoms. The van der Waals surface area contributed by atoms with Crippen LogP contribution in [0.4, 0.5) is 9.18 Å². The van der Waals surface area contributed by atoms with Gasteiger partial charge in [0.05, 0.1) is 5.92 Å². The number of aromatic hydroxyl groups is 1. The number of likely N-dealkylation sites (tertiary alicyclic amines) is 1. The largest absolute Gasteiger partial charge is 0.508 e. The molecule has 1 unspecified atom stereocenters. The molecule has 2 aromatic rings. The summed E-state index contributed by atoms with van der Waals surface area (Å²) in [5, 5.41) is 13.1. The normalized spacial score (nSPS) is 20.1. The van der Waals surface area contributed by atoms with E-state index in [1.807, 2.05) is 39.0 Å². The van der Waals surface area contributed by atoms with Gasteiger partial charge in [-0.1, -0.05) is 36.4 Å². The van der Waals surface area contributed by atoms with Crippen molar-refractivity contribution in [2.75, 3.05) is 32.7 Å². The van der Waals surface area contributed by atoms with Crippen molar-refractivity contribution in [1.82, 2.24) is 20.0 Å². The maximum absolute atomic E-state index is 14.2. The molecule has 3 atom stereocenters. The van der Waals surface area contributed by atoms with E-state index in [-0.39, 0.29) is 36.4 Å². The third-order valence-corrected chi connectivity index (χ3v) is 7.71. The van der Waals surface area contributed by atoms with Crippen LogP contribution in [-0.2, 0) is 27.3 Å². The van der Waals surface area contributed by atoms with Crippen molar-refractivity contribution in [3.8, 4) is 5.75 Å². The van der Waals surface area contributed by atoms with Gasteiger partial charge in [0.1, 0.15) is 17.2 Å². The smallest absolute Gasteiger partial charge is 0.410 e. The fraction of sp³-hybridized carbons (Fsp3) is 0.485. The number of phenolic OH excluding ortho intramolecular Hbond substituents is 1. The molecule has 3 amide bonds. The van der Waals surface area contributed by atoms with Gasteiger partial charge in [-0.15, -0.1) is 6.58 Å². The number of nitrogens with zero attached hydrogens (tertiary/aromatic N) is 3. The lowest BCUT2D eigenvalue weighted by molar-refractivity contribution is -0.129. The Morgan fingerprint density at radius 3 is 2.56 bits per heavy atom. The van der Waals surface area contributed by atoms with Crippen molar-refractivity contribution in [3.05, 3.63) is 78.1 Å². The van der Waals surface area contributed by atoms with E-state index in [0.29, 0.717) is 51.3 Å². The number of amides is 3. The van der Waals surface area contributed by atoms with Crippen molar-refractivity contribution in [2.45, 2.75) is 64.3 Å². The average Bonchev–Trinajstić information content (AvgIpc) is 3.28. The molecular formula is C33H43FN4O5. The molecule has 2 aliphatic rings. The fourth-order valence-electron chi connectivity index (χ4n) is 5.82. The van der Waals surface area contributed by atoms with E-state index in [1.165, 1.54) is 12.1 Å². The van der Waals surface area contributed by atoms with E-state index in [0.717, 1.165) is 11.6 Å². The summed E-state index contributed by atoms with van der Waals surface area (Å²) in [4.78, 5) is 44.8. The lowest BCUT2D eigenvalue weighted by Crippen LogP contribution is -2.58. The standard InChI is InChI=1S/C33H43FN4O5/c1-5-11-37-21-25(17-30(37)40)31(41)35-27(15-24-14-26(34)18-29(39)16-24)19-28-22-36(20-23-9-7-6-8-10-23)12-13-38(28)32(42)43-33(2,3)4/h5-10,14,16,18,25,27-28,39H,1,11-13,15,17,19-22H2,2-4H3,(H,35,41)/t25?,27-,28-/m0/s1. The lowest BCUT2D eigenvalue weighted by Gasteiger charge is -2.43. The monoisotopic (exact) mass is 594 g/mol. The Hall–Kier alpha value is -3.92. The predicted octanol–water partition coefficient (Wildman–Crippen LogP) is 4.10. The van der Waals surface area contributed by atoms with Gasteiger partial charge in [-0.2, -0.15) is 0 Å². The molecule has 0 aliphatic carbocycles. The number of halogens is 1. The zero-order valence-electron chi connectivity index (χ0n) is 25.3. The molecule has 9 nitrogen and oxygen atoms in total. The first kappa shape index (κ1) is 32.0. The number of benzene rings is 2. The van der Waals surface area contributed by atoms with Crippen LogP contribution in [0.2, 0.25) is 0 Å². The topological polar surface area (TPSA) is 102 Å². The van der Waals surface area contributed by atoms with Crippen molar-refractivity contribution < 1.29 is 28.6 Å². The van der Waals surface area contributed by atoms with Gasteiger partial charge in [-0.3, -0.25) is 14.5 Å². The summed E-state index contributed by atoms with van der Waals surface area (Å²) in [7, 11) is 0. The van der Waals surface area contributed by atoms with Crippen LogP contribution in [0.15, 0.2) is 61.2 Å². The molecule has 2 N–H and O–H groups in total. The molecule has 0 radical (unpaired) electrons. The second-order valence-electron chi connectivity index (χ2n) is 12.5. The molecule has 2 saturated heterocycles. The quantitative estimate of drug-likeness (QED) is 0.402. The van der Waals surface area contributed by atoms with Crippen LogP contribution in [-0.4, -0.2) is 88.1 Å². The van der Waals surface area contributed by atoms with E-state index in [2.05, 4.69) is 28.9 Å². The van der Waals surface area contributed by atoms with Gasteiger partial charge in [0.15, 0.2) is 0 Å². The summed E-state index contributed by atoms with van der Waals surface area (Å²) < 4.78 is 20.0. The van der Waals surface area contributed by atoms with E-state index in [9.17, 15) is 23.9 Å². The van der Waals surface area contributed by atoms with Gasteiger partial charge >= 0.3 is 6.09 Å². The molecule has 0 aromatic heterocycles. The number of carbonyl (C=O) groups is 3. The third kappa shape index (κ3) is 9.28. The molecule has 0 spiro atoms. The predicted molar refractivity (Wildman–Crippen MR) is 162 cm³/mol. The number of phenols is 1. The minimum Gasteiger partial charge on any atom is -0.508 e. The first-order chi connectivity index (χ1) is 20.4. The molecular weight excluding hydrogens is 551 g/mol. The zero-order chi connectivity index (χ0) is 31.1. The Morgan fingerprint density at radius 1 is 1.14 bits per heavy atom. The Labute approximate surface area is 253 Å². The maximum Gasteiger partial charge on any atom is 0.410 e. The Bertz CT molecular complexity index is 1280. The fourth-order valence-corrected chi connectivity index (χ4v) is 5.82. The number of ether oxygens (including phenoxy) is 1. The summed E-state index contributed by atoms with van der Waals surface area (Å²) >= 11 is 0. The van der Waals surface area contributed by atoms with Crippen LogP contribution in [0.3, 0.4) is 0 Å². The zero-order valence-corrected chi connectivity index (χ0v) is 25.3. The number of carbonyl (C=O) groups excluding carboxylic acids is 3. The highest BCUT2D eigenvalue weighted by atomic mass is 19.1. The number of hydrogen-bond donors (Lipinski definition) is 2. The summed E-state index contributed by atoms with van der Waals surface area (Å²) in [6.45, 7) is 12.2. The molecule has 10 heteroatoms. The second kappa shape index (κ2) is 14.0. The van der Waals surface area contributed by atoms with E-state index in [4.69, 9.17) is 4.74 Å². The van der Waals surface area contributed by atoms with E-state index < -0.39 is 29.5 Å². The van der Waals surface area contributed by atoms with E-state index in [1.54, 1.807) is 15.9 Å². The van der Waals surface area contributed by atoms with Crippen LogP contribution in [0.25, 0.3) is 0 Å². The van der Waals surface area contributed by atoms with Crippen molar-refractivity contribution in [1.29, 1.82) is 0 Å². The molecule has 2 fully saturated rings. The molecule has 2 heterocycles. The Morgan fingerprint density at radius 2 is 1.88 bits per heavy atom. The molecule has 232 valence electrons. The Kier molecular flexibility index (Phi) is 10.4. The van der Waals surface area contributed by atoms with Gasteiger partial charge in [-0.05, 0) is 56.9 Å². The second-order valence-corrected chi connectivity index (χ2v) is 12.5. The van der Waals surface area contributed by atoms with Gasteiger partial charge in [0.2, 0.25) is 11.8 Å². The molecule has 2 aliphatic heterocycles. The van der Waals surface area contributed by atoms with Crippen LogP contribution in [0.1, 0.15) is 44.7 Å². The third-order valence-electron chi connectivity index (χ3n) is 7.71. The molecule has 4 rings (SSSR count). The maximum atomic E-state index is 14.2. The van der Waals surface area contributed by atoms with Gasteiger partial charge in [-0.25, -0.2) is 9.18 Å². The highest BCUT2D eigenvalue weighted by molar-refractivity contribution is 5.89. The lowest BCUT2D eigenvalue weighted by atomic mass is 9.95. The number of nitrogens with one attached hydrogen (secondary N) is 1. The van der Waals surface area contributed by atoms with Crippen LogP contribution >= 0.6 is 0 Å². The molecule has 0 bridgehead atoms. The number of rotatable bonds is 10. The highest BCUT2D eigenvalue weighted by Crippen LogP contribution is 2.24. The van der Waals surface area contributed by atoms with Crippen LogP contribution in [0, 0.1) is 11.7 Å². The summed E-state index contributed by atoms with van der Waals surface area (Å²) in [5.74, 6) is -1.69. The van der Waals surface area contributed by atoms with Gasteiger partial charge < -0.3 is 25.0 Å². The molecule has 2 aromatic carbocycles. The first-order valence-corrected chi connectivity index (χ1v) is 14.8. The number of hydrogen-bond acceptors (Lipinski definition) is 6. The van der Waals surface area contributed by atoms with Crippen molar-refractivity contribution in [2.24, 2.45) is 5.92 Å². The van der Waals surface area contributed by atoms with Crippen molar-refractivity contribution in [3.63, 3.8) is 0 Å². The van der Waals surface area contributed by atoms with Gasteiger partial charge in [0, 0.05) is 63.8 Å². The van der Waals surface area contributed by atoms with E-state index >= 15 is 0 Å². The Balaban J connectivity index is 1.57. The summed E-state index contributed by atoms with van der Waals surface area (Å²) in [6.07, 6.45) is 1.90. The summed E-state index contributed by atoms with van der Waals surface area (Å²) in [6, 6.07) is 13.1. The molecule has 0 saturated carbocycles. The minimum atomic E-state index is -0.679. The summed E-state index contributed by atoms with van der Waals surface area (Å²) in [5.41, 5.74) is 0.989. The van der Waals surface area contributed by atoms with Crippen LogP contribution < -0.4 is 5.32 Å². The van der Waals surface area contributed by atoms with Crippen LogP contribution in [0.5, 0.6) is 5.75 Å². The minimum absolute atomic E-state index is 0.103. The highest BCUT2D eigenvalue weighted by Gasteiger charge is 2.37. The van der Waals surface area contributed by atoms with Crippen molar-refractivity contribution >= 4 is 17.9 Å².